The van der Waals surface area contributed by atoms with Crippen LogP contribution in [0.2, 0.25) is 0 Å². The first-order valence-electron chi connectivity index (χ1n) is 5.02. The highest BCUT2D eigenvalue weighted by Gasteiger charge is 2.59. The van der Waals surface area contributed by atoms with Crippen molar-refractivity contribution in [1.29, 1.82) is 5.26 Å². The summed E-state index contributed by atoms with van der Waals surface area (Å²) in [5.74, 6) is -1.10. The quantitative estimate of drug-likeness (QED) is 0.788. The van der Waals surface area contributed by atoms with E-state index in [9.17, 15) is 26.3 Å². The molecule has 0 saturated carbocycles. The lowest BCUT2D eigenvalue weighted by atomic mass is 10.1. The predicted molar refractivity (Wildman–Crippen MR) is 52.7 cm³/mol. The van der Waals surface area contributed by atoms with Crippen molar-refractivity contribution >= 4 is 0 Å². The fourth-order valence-electron chi connectivity index (χ4n) is 1.23. The van der Waals surface area contributed by atoms with Gasteiger partial charge in [0.25, 0.3) is 12.0 Å². The molecule has 0 aliphatic heterocycles. The minimum Gasteiger partial charge on any atom is -0.453 e. The smallest absolute Gasteiger partial charge is 0.434 e. The average Bonchev–Trinajstić information content (AvgIpc) is 2.27. The summed E-state index contributed by atoms with van der Waals surface area (Å²) in [4.78, 5) is 0. The van der Waals surface area contributed by atoms with E-state index in [4.69, 9.17) is 5.26 Å². The fourth-order valence-corrected chi connectivity index (χ4v) is 1.23. The van der Waals surface area contributed by atoms with Gasteiger partial charge in [0.15, 0.2) is 0 Å². The Morgan fingerprint density at radius 2 is 1.55 bits per heavy atom. The third kappa shape index (κ3) is 3.28. The lowest BCUT2D eigenvalue weighted by molar-refractivity contribution is -0.300. The molecule has 0 aliphatic carbocycles. The van der Waals surface area contributed by atoms with Crippen molar-refractivity contribution in [2.24, 2.45) is 0 Å². The predicted octanol–water partition coefficient (Wildman–Crippen LogP) is 2.84. The normalized spacial score (nSPS) is 12.4. The molecular weight excluding hydrogens is 292 g/mol. The first-order chi connectivity index (χ1) is 8.98. The lowest BCUT2D eigenvalue weighted by Crippen LogP contribution is -2.46. The largest absolute Gasteiger partial charge is 0.453 e. The van der Waals surface area contributed by atoms with Gasteiger partial charge >= 0.3 is 12.4 Å². The van der Waals surface area contributed by atoms with Crippen LogP contribution in [0.4, 0.5) is 26.3 Å². The van der Waals surface area contributed by atoms with Crippen LogP contribution in [0.25, 0.3) is 0 Å². The molecule has 1 aromatic rings. The summed E-state index contributed by atoms with van der Waals surface area (Å²) in [5.41, 5.74) is -0.221. The number of nitriles is 1. The SMILES string of the molecule is Cc1nnc(OC(C(F)(F)F)C(F)(F)F)c(C#N)c1C. The number of ether oxygens (including phenoxy) is 1. The Hall–Kier alpha value is -2.05. The van der Waals surface area contributed by atoms with E-state index in [-0.39, 0.29) is 11.3 Å². The van der Waals surface area contributed by atoms with Gasteiger partial charge in [-0.1, -0.05) is 0 Å². The molecule has 1 rings (SSSR count). The molecule has 0 aromatic carbocycles. The number of nitrogens with zero attached hydrogens (tertiary/aromatic N) is 3. The zero-order valence-corrected chi connectivity index (χ0v) is 10.1. The molecule has 1 aromatic heterocycles. The van der Waals surface area contributed by atoms with Crippen molar-refractivity contribution in [3.05, 3.63) is 16.8 Å². The maximum Gasteiger partial charge on any atom is 0.434 e. The summed E-state index contributed by atoms with van der Waals surface area (Å²) in [6, 6.07) is 1.45. The molecule has 10 heteroatoms. The Kier molecular flexibility index (Phi) is 4.12. The van der Waals surface area contributed by atoms with E-state index in [1.54, 1.807) is 0 Å². The standard InChI is InChI=1S/C10H7F6N3O/c1-4-5(2)18-19-7(6(4)3-17)20-8(9(11,12)13)10(14,15)16/h8H,1-2H3. The number of hydrogen-bond acceptors (Lipinski definition) is 4. The highest BCUT2D eigenvalue weighted by molar-refractivity contribution is 5.45. The Morgan fingerprint density at radius 3 is 1.95 bits per heavy atom. The van der Waals surface area contributed by atoms with Gasteiger partial charge in [0.2, 0.25) is 0 Å². The second-order valence-corrected chi connectivity index (χ2v) is 3.78. The van der Waals surface area contributed by atoms with Crippen molar-refractivity contribution in [3.8, 4) is 11.9 Å². The van der Waals surface area contributed by atoms with Crippen molar-refractivity contribution in [2.45, 2.75) is 32.3 Å². The Labute approximate surface area is 109 Å². The van der Waals surface area contributed by atoms with Crippen LogP contribution in [0.1, 0.15) is 16.8 Å². The van der Waals surface area contributed by atoms with Crippen LogP contribution < -0.4 is 4.74 Å². The monoisotopic (exact) mass is 299 g/mol. The van der Waals surface area contributed by atoms with E-state index >= 15 is 0 Å². The Balaban J connectivity index is 3.27. The molecule has 20 heavy (non-hydrogen) atoms. The first kappa shape index (κ1) is 16.0. The van der Waals surface area contributed by atoms with E-state index in [2.05, 4.69) is 14.9 Å². The summed E-state index contributed by atoms with van der Waals surface area (Å²) in [5, 5.41) is 15.2. The zero-order valence-electron chi connectivity index (χ0n) is 10.1. The number of alkyl halides is 6. The van der Waals surface area contributed by atoms with Crippen molar-refractivity contribution in [1.82, 2.24) is 10.2 Å². The molecule has 0 spiro atoms. The molecule has 0 unspecified atom stereocenters. The molecule has 110 valence electrons. The van der Waals surface area contributed by atoms with Crippen LogP contribution in [-0.2, 0) is 0 Å². The highest BCUT2D eigenvalue weighted by Crippen LogP contribution is 2.36. The molecule has 0 amide bonds. The minimum atomic E-state index is -5.69. The van der Waals surface area contributed by atoms with E-state index < -0.39 is 29.9 Å². The maximum absolute atomic E-state index is 12.3. The topological polar surface area (TPSA) is 58.8 Å². The van der Waals surface area contributed by atoms with Crippen LogP contribution in [0, 0.1) is 25.2 Å². The van der Waals surface area contributed by atoms with Crippen LogP contribution in [0.3, 0.4) is 0 Å². The van der Waals surface area contributed by atoms with E-state index in [0.29, 0.717) is 0 Å². The van der Waals surface area contributed by atoms with Crippen LogP contribution in [0.15, 0.2) is 0 Å². The molecule has 0 aliphatic rings. The van der Waals surface area contributed by atoms with Gasteiger partial charge in [-0.2, -0.15) is 36.7 Å². The number of aromatic nitrogens is 2. The van der Waals surface area contributed by atoms with Gasteiger partial charge in [-0.05, 0) is 19.4 Å². The Morgan fingerprint density at radius 1 is 1.05 bits per heavy atom. The van der Waals surface area contributed by atoms with Gasteiger partial charge < -0.3 is 4.74 Å². The van der Waals surface area contributed by atoms with Crippen LogP contribution in [0.5, 0.6) is 5.88 Å². The van der Waals surface area contributed by atoms with Crippen LogP contribution >= 0.6 is 0 Å². The van der Waals surface area contributed by atoms with Gasteiger partial charge in [-0.25, -0.2) is 0 Å². The minimum absolute atomic E-state index is 0.0978. The first-order valence-corrected chi connectivity index (χ1v) is 5.02. The second-order valence-electron chi connectivity index (χ2n) is 3.78. The number of halogens is 6. The summed E-state index contributed by atoms with van der Waals surface area (Å²) < 4.78 is 77.9. The molecule has 0 bridgehead atoms. The van der Waals surface area contributed by atoms with Gasteiger partial charge in [0.1, 0.15) is 11.6 Å². The van der Waals surface area contributed by atoms with Gasteiger partial charge in [0, 0.05) is 0 Å². The lowest BCUT2D eigenvalue weighted by Gasteiger charge is -2.23. The maximum atomic E-state index is 12.3. The molecule has 0 radical (unpaired) electrons. The van der Waals surface area contributed by atoms with E-state index in [0.717, 1.165) is 0 Å². The summed E-state index contributed by atoms with van der Waals surface area (Å²) in [7, 11) is 0. The van der Waals surface area contributed by atoms with Gasteiger partial charge in [-0.15, -0.1) is 5.10 Å². The molecule has 0 N–H and O–H groups in total. The number of hydrogen-bond donors (Lipinski definition) is 0. The number of rotatable bonds is 2. The summed E-state index contributed by atoms with van der Waals surface area (Å²) in [6.45, 7) is 2.71. The highest BCUT2D eigenvalue weighted by atomic mass is 19.4. The van der Waals surface area contributed by atoms with Crippen molar-refractivity contribution in [3.63, 3.8) is 0 Å². The summed E-state index contributed by atoms with van der Waals surface area (Å²) in [6.07, 6.45) is -15.4. The number of aryl methyl sites for hydroxylation is 1. The third-order valence-electron chi connectivity index (χ3n) is 2.36. The molecule has 0 saturated heterocycles. The molecule has 4 nitrogen and oxygen atoms in total. The van der Waals surface area contributed by atoms with Crippen molar-refractivity contribution < 1.29 is 31.1 Å². The molecular formula is C10H7F6N3O. The fraction of sp³-hybridized carbons (Fsp3) is 0.500. The van der Waals surface area contributed by atoms with Gasteiger partial charge in [0.05, 0.1) is 5.69 Å². The van der Waals surface area contributed by atoms with E-state index in [1.165, 1.54) is 19.9 Å². The third-order valence-corrected chi connectivity index (χ3v) is 2.36. The molecule has 0 fully saturated rings. The Bertz CT molecular complexity index is 532. The van der Waals surface area contributed by atoms with E-state index in [1.807, 2.05) is 0 Å². The van der Waals surface area contributed by atoms with Crippen LogP contribution in [-0.4, -0.2) is 28.7 Å². The summed E-state index contributed by atoms with van der Waals surface area (Å²) >= 11 is 0. The molecule has 1 heterocycles. The average molecular weight is 299 g/mol. The van der Waals surface area contributed by atoms with Gasteiger partial charge in [-0.3, -0.25) is 0 Å². The van der Waals surface area contributed by atoms with Crippen molar-refractivity contribution in [2.75, 3.05) is 0 Å². The molecule has 0 atom stereocenters. The second kappa shape index (κ2) is 5.15. The zero-order chi connectivity index (χ0) is 15.7.